The zero-order valence-electron chi connectivity index (χ0n) is 18.3. The first kappa shape index (κ1) is 20.7. The predicted molar refractivity (Wildman–Crippen MR) is 123 cm³/mol. The summed E-state index contributed by atoms with van der Waals surface area (Å²) in [6.07, 6.45) is 1.26. The molecule has 2 aromatic heterocycles. The van der Waals surface area contributed by atoms with Gasteiger partial charge in [-0.15, -0.1) is 0 Å². The standard InChI is InChI=1S/C24H23N5O4/c1-3-7-19-21(23(32)29(27-19)24-25-17-10-4-5-11-18(17)26-24)16-13-20(30)28(22(16)31)14-8-6-9-15(12-14)33-2/h4-6,8-12,16,27H,3,7,13H2,1-2H3,(H,25,26)/t16-/m1/s1. The first-order valence-electron chi connectivity index (χ1n) is 10.8. The monoisotopic (exact) mass is 445 g/mol. The number of rotatable bonds is 6. The summed E-state index contributed by atoms with van der Waals surface area (Å²) in [4.78, 5) is 48.5. The Morgan fingerprint density at radius 1 is 1.12 bits per heavy atom. The molecule has 2 N–H and O–H groups in total. The second-order valence-electron chi connectivity index (χ2n) is 8.00. The molecular formula is C24H23N5O4. The summed E-state index contributed by atoms with van der Waals surface area (Å²) in [5.41, 5.74) is 2.53. The Hall–Kier alpha value is -4.14. The molecule has 2 amide bonds. The summed E-state index contributed by atoms with van der Waals surface area (Å²) < 4.78 is 6.55. The van der Waals surface area contributed by atoms with Crippen LogP contribution in [0.2, 0.25) is 0 Å². The molecule has 1 fully saturated rings. The van der Waals surface area contributed by atoms with E-state index in [0.29, 0.717) is 35.1 Å². The second-order valence-corrected chi connectivity index (χ2v) is 8.00. The summed E-state index contributed by atoms with van der Waals surface area (Å²) in [5, 5.41) is 3.12. The molecule has 1 aliphatic rings. The number of nitrogens with one attached hydrogen (secondary N) is 2. The smallest absolute Gasteiger partial charge is 0.278 e. The molecule has 9 nitrogen and oxygen atoms in total. The summed E-state index contributed by atoms with van der Waals surface area (Å²) in [6, 6.07) is 14.2. The highest BCUT2D eigenvalue weighted by atomic mass is 16.5. The van der Waals surface area contributed by atoms with Crippen LogP contribution in [0, 0.1) is 0 Å². The highest BCUT2D eigenvalue weighted by Gasteiger charge is 2.43. The second kappa shape index (κ2) is 8.09. The Kier molecular flexibility index (Phi) is 5.08. The molecule has 0 saturated carbocycles. The van der Waals surface area contributed by atoms with Crippen molar-refractivity contribution >= 4 is 28.5 Å². The molecule has 0 unspecified atom stereocenters. The number of methoxy groups -OCH3 is 1. The van der Waals surface area contributed by atoms with Crippen LogP contribution in [0.15, 0.2) is 53.3 Å². The largest absolute Gasteiger partial charge is 0.497 e. The predicted octanol–water partition coefficient (Wildman–Crippen LogP) is 3.05. The number of H-pyrrole nitrogens is 2. The lowest BCUT2D eigenvalue weighted by molar-refractivity contribution is -0.121. The van der Waals surface area contributed by atoms with Crippen LogP contribution in [-0.2, 0) is 16.0 Å². The molecule has 2 aromatic carbocycles. The fourth-order valence-electron chi connectivity index (χ4n) is 4.37. The normalized spacial score (nSPS) is 16.2. The molecule has 1 atom stereocenters. The molecule has 3 heterocycles. The van der Waals surface area contributed by atoms with Crippen LogP contribution in [0.5, 0.6) is 5.75 Å². The molecule has 0 spiro atoms. The maximum absolute atomic E-state index is 13.5. The number of anilines is 1. The van der Waals surface area contributed by atoms with Crippen LogP contribution in [-0.4, -0.2) is 38.7 Å². The molecule has 0 bridgehead atoms. The molecule has 5 rings (SSSR count). The molecule has 33 heavy (non-hydrogen) atoms. The minimum Gasteiger partial charge on any atom is -0.497 e. The molecule has 168 valence electrons. The van der Waals surface area contributed by atoms with E-state index in [1.54, 1.807) is 24.3 Å². The van der Waals surface area contributed by atoms with Crippen molar-refractivity contribution in [2.75, 3.05) is 12.0 Å². The highest BCUT2D eigenvalue weighted by Crippen LogP contribution is 2.34. The third kappa shape index (κ3) is 3.42. The van der Waals surface area contributed by atoms with Crippen molar-refractivity contribution in [1.29, 1.82) is 0 Å². The Morgan fingerprint density at radius 3 is 2.70 bits per heavy atom. The van der Waals surface area contributed by atoms with Gasteiger partial charge in [-0.2, -0.15) is 4.68 Å². The number of hydrogen-bond acceptors (Lipinski definition) is 5. The summed E-state index contributed by atoms with van der Waals surface area (Å²) in [6.45, 7) is 1.99. The fourth-order valence-corrected chi connectivity index (χ4v) is 4.37. The van der Waals surface area contributed by atoms with Crippen LogP contribution in [0.1, 0.15) is 36.9 Å². The van der Waals surface area contributed by atoms with Crippen molar-refractivity contribution in [2.45, 2.75) is 32.1 Å². The number of aromatic nitrogens is 4. The van der Waals surface area contributed by atoms with Gasteiger partial charge in [0.15, 0.2) is 0 Å². The van der Waals surface area contributed by atoms with Gasteiger partial charge in [-0.05, 0) is 30.7 Å². The molecule has 4 aromatic rings. The lowest BCUT2D eigenvalue weighted by atomic mass is 9.96. The van der Waals surface area contributed by atoms with Crippen LogP contribution in [0.4, 0.5) is 5.69 Å². The highest BCUT2D eigenvalue weighted by molar-refractivity contribution is 6.22. The number of amides is 2. The van der Waals surface area contributed by atoms with Gasteiger partial charge in [0.25, 0.3) is 5.56 Å². The van der Waals surface area contributed by atoms with E-state index in [-0.39, 0.29) is 17.9 Å². The van der Waals surface area contributed by atoms with Crippen molar-refractivity contribution in [3.05, 3.63) is 70.1 Å². The number of aryl methyl sites for hydroxylation is 1. The van der Waals surface area contributed by atoms with Gasteiger partial charge in [-0.3, -0.25) is 19.5 Å². The van der Waals surface area contributed by atoms with E-state index in [2.05, 4.69) is 15.1 Å². The average molecular weight is 445 g/mol. The molecule has 0 aliphatic carbocycles. The van der Waals surface area contributed by atoms with E-state index in [1.165, 1.54) is 11.8 Å². The number of carbonyl (C=O) groups excluding carboxylic acids is 2. The van der Waals surface area contributed by atoms with Crippen molar-refractivity contribution in [2.24, 2.45) is 0 Å². The Morgan fingerprint density at radius 2 is 1.94 bits per heavy atom. The number of hydrogen-bond donors (Lipinski definition) is 2. The number of imidazole rings is 1. The van der Waals surface area contributed by atoms with E-state index in [9.17, 15) is 14.4 Å². The topological polar surface area (TPSA) is 113 Å². The van der Waals surface area contributed by atoms with E-state index in [1.807, 2.05) is 31.2 Å². The van der Waals surface area contributed by atoms with Gasteiger partial charge in [0, 0.05) is 18.2 Å². The maximum atomic E-state index is 13.5. The lowest BCUT2D eigenvalue weighted by Gasteiger charge is -2.15. The first-order valence-corrected chi connectivity index (χ1v) is 10.8. The Bertz CT molecular complexity index is 1400. The fraction of sp³-hybridized carbons (Fsp3) is 0.250. The van der Waals surface area contributed by atoms with Crippen LogP contribution in [0.3, 0.4) is 0 Å². The number of fused-ring (bicyclic) bond motifs is 1. The van der Waals surface area contributed by atoms with E-state index in [4.69, 9.17) is 4.74 Å². The number of ether oxygens (including phenoxy) is 1. The minimum absolute atomic E-state index is 0.0695. The third-order valence-corrected chi connectivity index (χ3v) is 5.90. The number of imide groups is 1. The van der Waals surface area contributed by atoms with Crippen molar-refractivity contribution in [3.8, 4) is 11.7 Å². The van der Waals surface area contributed by atoms with Crippen molar-refractivity contribution in [1.82, 2.24) is 19.7 Å². The maximum Gasteiger partial charge on any atom is 0.278 e. The molecular weight excluding hydrogens is 422 g/mol. The van der Waals surface area contributed by atoms with Gasteiger partial charge in [-0.25, -0.2) is 9.88 Å². The number of carbonyl (C=O) groups is 2. The number of para-hydroxylation sites is 2. The van der Waals surface area contributed by atoms with Gasteiger partial charge in [-0.1, -0.05) is 31.5 Å². The van der Waals surface area contributed by atoms with E-state index in [0.717, 1.165) is 22.4 Å². The summed E-state index contributed by atoms with van der Waals surface area (Å²) in [7, 11) is 1.52. The van der Waals surface area contributed by atoms with Gasteiger partial charge in [0.1, 0.15) is 5.75 Å². The van der Waals surface area contributed by atoms with E-state index < -0.39 is 11.8 Å². The number of aromatic amines is 2. The first-order chi connectivity index (χ1) is 16.0. The van der Waals surface area contributed by atoms with Crippen LogP contribution in [0.25, 0.3) is 17.0 Å². The Balaban J connectivity index is 1.58. The zero-order chi connectivity index (χ0) is 23.1. The SMILES string of the molecule is CCCc1[nH]n(-c2nc3ccccc3[nH]2)c(=O)c1[C@H]1CC(=O)N(c2cccc(OC)c2)C1=O. The van der Waals surface area contributed by atoms with Gasteiger partial charge in [0.05, 0.1) is 35.3 Å². The van der Waals surface area contributed by atoms with Gasteiger partial charge in [0.2, 0.25) is 17.8 Å². The van der Waals surface area contributed by atoms with Crippen LogP contribution < -0.4 is 15.2 Å². The van der Waals surface area contributed by atoms with Crippen molar-refractivity contribution < 1.29 is 14.3 Å². The molecule has 1 aliphatic heterocycles. The Labute approximate surface area is 189 Å². The molecule has 1 saturated heterocycles. The van der Waals surface area contributed by atoms with Crippen molar-refractivity contribution in [3.63, 3.8) is 0 Å². The summed E-state index contributed by atoms with van der Waals surface area (Å²) >= 11 is 0. The van der Waals surface area contributed by atoms with E-state index >= 15 is 0 Å². The lowest BCUT2D eigenvalue weighted by Crippen LogP contribution is -2.31. The quantitative estimate of drug-likeness (QED) is 0.443. The number of nitrogens with zero attached hydrogens (tertiary/aromatic N) is 3. The average Bonchev–Trinajstić information content (AvgIpc) is 3.47. The third-order valence-electron chi connectivity index (χ3n) is 5.90. The van der Waals surface area contributed by atoms with Gasteiger partial charge < -0.3 is 9.72 Å². The number of benzene rings is 2. The molecule has 9 heteroatoms. The zero-order valence-corrected chi connectivity index (χ0v) is 18.3. The minimum atomic E-state index is -0.861. The molecule has 0 radical (unpaired) electrons. The summed E-state index contributed by atoms with van der Waals surface area (Å²) in [5.74, 6) is -0.752. The van der Waals surface area contributed by atoms with Crippen LogP contribution >= 0.6 is 0 Å². The van der Waals surface area contributed by atoms with Gasteiger partial charge >= 0.3 is 0 Å².